The second-order valence-electron chi connectivity index (χ2n) is 10.2. The maximum atomic E-state index is 12.3. The lowest BCUT2D eigenvalue weighted by Crippen LogP contribution is -2.25. The maximum Gasteiger partial charge on any atom is 0.416 e. The fraction of sp³-hybridized carbons (Fsp3) is 0.630. The van der Waals surface area contributed by atoms with Gasteiger partial charge in [0.05, 0.1) is 11.3 Å². The Morgan fingerprint density at radius 3 is 2.21 bits per heavy atom. The summed E-state index contributed by atoms with van der Waals surface area (Å²) >= 11 is 0. The van der Waals surface area contributed by atoms with Gasteiger partial charge in [-0.2, -0.15) is 13.2 Å². The first kappa shape index (κ1) is 29.7. The lowest BCUT2D eigenvalue weighted by atomic mass is 9.90. The molecule has 0 saturated carbocycles. The number of ketones is 1. The van der Waals surface area contributed by atoms with Gasteiger partial charge >= 0.3 is 6.18 Å². The van der Waals surface area contributed by atoms with Crippen LogP contribution in [0.5, 0.6) is 0 Å². The molecule has 2 rings (SSSR count). The van der Waals surface area contributed by atoms with Gasteiger partial charge in [0.2, 0.25) is 5.88 Å². The Balaban J connectivity index is 0.000000362. The summed E-state index contributed by atoms with van der Waals surface area (Å²) in [5.74, 6) is 1.89. The molecule has 0 spiro atoms. The van der Waals surface area contributed by atoms with E-state index < -0.39 is 11.7 Å². The van der Waals surface area contributed by atoms with Crippen molar-refractivity contribution in [2.24, 2.45) is 5.92 Å². The number of Topliss-reactive ketones (excluding diaryl/α,β-unsaturated/α-hetero) is 1. The van der Waals surface area contributed by atoms with Crippen LogP contribution in [0.15, 0.2) is 28.8 Å². The van der Waals surface area contributed by atoms with Crippen LogP contribution in [-0.4, -0.2) is 16.5 Å². The number of nitrogens with one attached hydrogen (secondary N) is 1. The van der Waals surface area contributed by atoms with Gasteiger partial charge in [0.1, 0.15) is 0 Å². The van der Waals surface area contributed by atoms with Gasteiger partial charge in [-0.25, -0.2) is 0 Å². The third-order valence-corrected chi connectivity index (χ3v) is 5.73. The van der Waals surface area contributed by atoms with Gasteiger partial charge in [0.25, 0.3) is 0 Å². The summed E-state index contributed by atoms with van der Waals surface area (Å²) in [6, 6.07) is 5.47. The standard InChI is InChI=1S/C17H32N2O.C10H9F3O/c1-7-9-14(11-10-13(3)8-2)15-12-16(20-19-15)18-17(4,5)6;1-6-5-8(7(2)14)3-4-9(6)10(11,12)13/h12-14,18H,7-11H2,1-6H3;3-5H,1-2H3. The van der Waals surface area contributed by atoms with Crippen molar-refractivity contribution in [1.29, 1.82) is 0 Å². The van der Waals surface area contributed by atoms with Crippen molar-refractivity contribution < 1.29 is 22.5 Å². The molecule has 34 heavy (non-hydrogen) atoms. The fourth-order valence-electron chi connectivity index (χ4n) is 3.59. The molecule has 2 atom stereocenters. The molecule has 0 bridgehead atoms. The van der Waals surface area contributed by atoms with Gasteiger partial charge in [0.15, 0.2) is 5.78 Å². The summed E-state index contributed by atoms with van der Waals surface area (Å²) in [5.41, 5.74) is 0.804. The molecule has 1 aromatic heterocycles. The smallest absolute Gasteiger partial charge is 0.349 e. The number of aromatic nitrogens is 1. The van der Waals surface area contributed by atoms with Crippen molar-refractivity contribution in [3.8, 4) is 0 Å². The van der Waals surface area contributed by atoms with E-state index in [2.05, 4.69) is 58.1 Å². The van der Waals surface area contributed by atoms with Crippen molar-refractivity contribution in [3.63, 3.8) is 0 Å². The van der Waals surface area contributed by atoms with Crippen molar-refractivity contribution in [3.05, 3.63) is 46.6 Å². The van der Waals surface area contributed by atoms with Crippen LogP contribution >= 0.6 is 0 Å². The molecule has 0 aliphatic rings. The molecule has 4 nitrogen and oxygen atoms in total. The number of anilines is 1. The fourth-order valence-corrected chi connectivity index (χ4v) is 3.59. The Bertz CT molecular complexity index is 898. The number of benzene rings is 1. The van der Waals surface area contributed by atoms with Crippen LogP contribution in [0.2, 0.25) is 0 Å². The molecule has 192 valence electrons. The van der Waals surface area contributed by atoms with Gasteiger partial charge in [-0.3, -0.25) is 4.79 Å². The Kier molecular flexibility index (Phi) is 11.3. The lowest BCUT2D eigenvalue weighted by molar-refractivity contribution is -0.138. The van der Waals surface area contributed by atoms with Crippen LogP contribution < -0.4 is 5.32 Å². The minimum Gasteiger partial charge on any atom is -0.349 e. The highest BCUT2D eigenvalue weighted by atomic mass is 19.4. The van der Waals surface area contributed by atoms with Crippen LogP contribution in [0.25, 0.3) is 0 Å². The van der Waals surface area contributed by atoms with Gasteiger partial charge < -0.3 is 9.84 Å². The number of hydrogen-bond donors (Lipinski definition) is 1. The van der Waals surface area contributed by atoms with Crippen LogP contribution in [0.3, 0.4) is 0 Å². The first-order chi connectivity index (χ1) is 15.7. The van der Waals surface area contributed by atoms with Crippen molar-refractivity contribution in [1.82, 2.24) is 5.16 Å². The number of aryl methyl sites for hydroxylation is 1. The van der Waals surface area contributed by atoms with E-state index in [1.54, 1.807) is 0 Å². The Morgan fingerprint density at radius 1 is 1.09 bits per heavy atom. The zero-order valence-electron chi connectivity index (χ0n) is 21.9. The number of carbonyl (C=O) groups excluding carboxylic acids is 1. The number of alkyl halides is 3. The largest absolute Gasteiger partial charge is 0.416 e. The van der Waals surface area contributed by atoms with Crippen LogP contribution in [0, 0.1) is 12.8 Å². The normalized spacial score (nSPS) is 13.6. The highest BCUT2D eigenvalue weighted by Gasteiger charge is 2.32. The van der Waals surface area contributed by atoms with E-state index in [0.29, 0.717) is 11.5 Å². The average Bonchev–Trinajstić information content (AvgIpc) is 3.16. The number of rotatable bonds is 9. The molecular formula is C27H41F3N2O2. The van der Waals surface area contributed by atoms with Crippen molar-refractivity contribution in [2.75, 3.05) is 5.32 Å². The third kappa shape index (κ3) is 10.3. The molecule has 1 aromatic carbocycles. The van der Waals surface area contributed by atoms with Gasteiger partial charge in [-0.05, 0) is 71.1 Å². The second kappa shape index (κ2) is 13.0. The zero-order chi connectivity index (χ0) is 26.1. The first-order valence-electron chi connectivity index (χ1n) is 12.1. The van der Waals surface area contributed by atoms with E-state index in [1.165, 1.54) is 58.1 Å². The van der Waals surface area contributed by atoms with Gasteiger partial charge in [-0.15, -0.1) is 0 Å². The monoisotopic (exact) mass is 482 g/mol. The zero-order valence-corrected chi connectivity index (χ0v) is 21.9. The van der Waals surface area contributed by atoms with E-state index in [1.807, 2.05) is 0 Å². The minimum absolute atomic E-state index is 0.00772. The summed E-state index contributed by atoms with van der Waals surface area (Å²) in [7, 11) is 0. The number of carbonyl (C=O) groups is 1. The molecule has 0 fully saturated rings. The molecule has 0 amide bonds. The molecule has 0 aliphatic carbocycles. The highest BCUT2D eigenvalue weighted by Crippen LogP contribution is 2.32. The van der Waals surface area contributed by atoms with Crippen LogP contribution in [-0.2, 0) is 6.18 Å². The van der Waals surface area contributed by atoms with Crippen molar-refractivity contribution in [2.45, 2.75) is 105 Å². The van der Waals surface area contributed by atoms with Gasteiger partial charge in [-0.1, -0.05) is 51.3 Å². The predicted molar refractivity (Wildman–Crippen MR) is 132 cm³/mol. The molecule has 2 unspecified atom stereocenters. The minimum atomic E-state index is -4.35. The van der Waals surface area contributed by atoms with E-state index in [0.717, 1.165) is 23.6 Å². The van der Waals surface area contributed by atoms with E-state index in [4.69, 9.17) is 4.52 Å². The second-order valence-corrected chi connectivity index (χ2v) is 10.2. The third-order valence-electron chi connectivity index (χ3n) is 5.73. The Morgan fingerprint density at radius 2 is 1.74 bits per heavy atom. The highest BCUT2D eigenvalue weighted by molar-refractivity contribution is 5.94. The van der Waals surface area contributed by atoms with E-state index in [-0.39, 0.29) is 16.9 Å². The SMILES string of the molecule is CC(=O)c1ccc(C(F)(F)F)c(C)c1.CCCC(CCC(C)CC)c1cc(NC(C)(C)C)on1. The predicted octanol–water partition coefficient (Wildman–Crippen LogP) is 8.81. The molecule has 1 heterocycles. The summed E-state index contributed by atoms with van der Waals surface area (Å²) in [4.78, 5) is 10.9. The van der Waals surface area contributed by atoms with Crippen LogP contribution in [0.1, 0.15) is 114 Å². The molecule has 2 aromatic rings. The molecule has 7 heteroatoms. The summed E-state index contributed by atoms with van der Waals surface area (Å²) in [5, 5.41) is 7.63. The average molecular weight is 483 g/mol. The maximum absolute atomic E-state index is 12.3. The van der Waals surface area contributed by atoms with Crippen LogP contribution in [0.4, 0.5) is 19.1 Å². The lowest BCUT2D eigenvalue weighted by Gasteiger charge is -2.19. The number of hydrogen-bond acceptors (Lipinski definition) is 4. The summed E-state index contributed by atoms with van der Waals surface area (Å²) < 4.78 is 42.3. The van der Waals surface area contributed by atoms with Crippen molar-refractivity contribution >= 4 is 11.7 Å². The quantitative estimate of drug-likeness (QED) is 0.363. The van der Waals surface area contributed by atoms with E-state index >= 15 is 0 Å². The Hall–Kier alpha value is -2.31. The molecule has 0 aliphatic heterocycles. The molecule has 0 saturated heterocycles. The number of nitrogens with zero attached hydrogens (tertiary/aromatic N) is 1. The topological polar surface area (TPSA) is 55.1 Å². The summed E-state index contributed by atoms with van der Waals surface area (Å²) in [6.07, 6.45) is 1.78. The Labute approximate surface area is 202 Å². The first-order valence-corrected chi connectivity index (χ1v) is 12.1. The molecular weight excluding hydrogens is 441 g/mol. The van der Waals surface area contributed by atoms with E-state index in [9.17, 15) is 18.0 Å². The number of halogens is 3. The summed E-state index contributed by atoms with van der Waals surface area (Å²) in [6.45, 7) is 15.9. The molecule has 0 radical (unpaired) electrons. The van der Waals surface area contributed by atoms with Gasteiger partial charge in [0, 0.05) is 23.1 Å². The molecule has 1 N–H and O–H groups in total.